The topological polar surface area (TPSA) is 12.9 Å². The highest BCUT2D eigenvalue weighted by atomic mass is 32.2. The van der Waals surface area contributed by atoms with E-state index in [-0.39, 0.29) is 5.56 Å². The molecule has 0 spiro atoms. The SMILES string of the molecule is CSCCc1cc(C)c(C(F)F)cn1. The van der Waals surface area contributed by atoms with Crippen LogP contribution in [0.15, 0.2) is 12.3 Å². The van der Waals surface area contributed by atoms with E-state index in [1.807, 2.05) is 6.26 Å². The van der Waals surface area contributed by atoms with Gasteiger partial charge in [0.15, 0.2) is 0 Å². The Balaban J connectivity index is 2.78. The Morgan fingerprint density at radius 2 is 2.21 bits per heavy atom. The van der Waals surface area contributed by atoms with Crippen molar-refractivity contribution in [1.82, 2.24) is 4.98 Å². The number of rotatable bonds is 4. The molecule has 0 amide bonds. The fourth-order valence-corrected chi connectivity index (χ4v) is 1.61. The highest BCUT2D eigenvalue weighted by molar-refractivity contribution is 7.98. The summed E-state index contributed by atoms with van der Waals surface area (Å²) in [6.45, 7) is 1.70. The van der Waals surface area contributed by atoms with Crippen molar-refractivity contribution in [1.29, 1.82) is 0 Å². The Morgan fingerprint density at radius 1 is 1.50 bits per heavy atom. The zero-order chi connectivity index (χ0) is 10.6. The number of hydrogen-bond acceptors (Lipinski definition) is 2. The second kappa shape index (κ2) is 5.29. The standard InChI is InChI=1S/C10H13F2NS/c1-7-5-8(3-4-14-2)13-6-9(7)10(11)12/h5-6,10H,3-4H2,1-2H3. The molecule has 0 aliphatic rings. The van der Waals surface area contributed by atoms with Crippen LogP contribution in [0.25, 0.3) is 0 Å². The van der Waals surface area contributed by atoms with Gasteiger partial charge in [-0.05, 0) is 37.0 Å². The van der Waals surface area contributed by atoms with Crippen molar-refractivity contribution in [2.24, 2.45) is 0 Å². The Kier molecular flexibility index (Phi) is 4.32. The van der Waals surface area contributed by atoms with Gasteiger partial charge in [0.1, 0.15) is 0 Å². The van der Waals surface area contributed by atoms with Crippen LogP contribution in [0.5, 0.6) is 0 Å². The van der Waals surface area contributed by atoms with Gasteiger partial charge in [-0.25, -0.2) is 8.78 Å². The summed E-state index contributed by atoms with van der Waals surface area (Å²) < 4.78 is 24.7. The third kappa shape index (κ3) is 2.94. The van der Waals surface area contributed by atoms with Crippen LogP contribution in [0.4, 0.5) is 8.78 Å². The zero-order valence-electron chi connectivity index (χ0n) is 8.26. The van der Waals surface area contributed by atoms with Crippen molar-refractivity contribution in [2.75, 3.05) is 12.0 Å². The molecule has 1 heterocycles. The van der Waals surface area contributed by atoms with Crippen LogP contribution >= 0.6 is 11.8 Å². The summed E-state index contributed by atoms with van der Waals surface area (Å²) in [5.41, 5.74) is 1.56. The predicted octanol–water partition coefficient (Wildman–Crippen LogP) is 3.23. The number of pyridine rings is 1. The summed E-state index contributed by atoms with van der Waals surface area (Å²) in [7, 11) is 0. The van der Waals surface area contributed by atoms with Gasteiger partial charge in [-0.15, -0.1) is 0 Å². The molecular formula is C10H13F2NS. The molecule has 14 heavy (non-hydrogen) atoms. The average molecular weight is 217 g/mol. The van der Waals surface area contributed by atoms with Crippen LogP contribution in [0, 0.1) is 6.92 Å². The molecule has 1 nitrogen and oxygen atoms in total. The van der Waals surface area contributed by atoms with E-state index in [9.17, 15) is 8.78 Å². The number of thioether (sulfide) groups is 1. The predicted molar refractivity (Wildman–Crippen MR) is 56.0 cm³/mol. The van der Waals surface area contributed by atoms with Gasteiger partial charge in [-0.2, -0.15) is 11.8 Å². The maximum atomic E-state index is 12.4. The number of aryl methyl sites for hydroxylation is 2. The average Bonchev–Trinajstić information content (AvgIpc) is 2.14. The van der Waals surface area contributed by atoms with Crippen molar-refractivity contribution >= 4 is 11.8 Å². The van der Waals surface area contributed by atoms with Gasteiger partial charge in [0, 0.05) is 17.5 Å². The number of alkyl halides is 2. The molecule has 0 aliphatic carbocycles. The van der Waals surface area contributed by atoms with E-state index in [4.69, 9.17) is 0 Å². The van der Waals surface area contributed by atoms with Crippen molar-refractivity contribution < 1.29 is 8.78 Å². The Hall–Kier alpha value is -0.640. The van der Waals surface area contributed by atoms with Gasteiger partial charge in [-0.1, -0.05) is 0 Å². The van der Waals surface area contributed by atoms with Crippen molar-refractivity contribution in [3.8, 4) is 0 Å². The highest BCUT2D eigenvalue weighted by Crippen LogP contribution is 2.22. The van der Waals surface area contributed by atoms with Gasteiger partial charge in [0.05, 0.1) is 0 Å². The molecule has 0 atom stereocenters. The van der Waals surface area contributed by atoms with Crippen LogP contribution in [0.2, 0.25) is 0 Å². The van der Waals surface area contributed by atoms with Gasteiger partial charge in [0.25, 0.3) is 6.43 Å². The Morgan fingerprint density at radius 3 is 2.71 bits per heavy atom. The molecule has 0 bridgehead atoms. The lowest BCUT2D eigenvalue weighted by Crippen LogP contribution is -1.97. The fourth-order valence-electron chi connectivity index (χ4n) is 1.20. The molecule has 0 saturated heterocycles. The lowest BCUT2D eigenvalue weighted by Gasteiger charge is -2.06. The van der Waals surface area contributed by atoms with Crippen molar-refractivity contribution in [2.45, 2.75) is 19.8 Å². The van der Waals surface area contributed by atoms with Gasteiger partial charge in [-0.3, -0.25) is 4.98 Å². The largest absolute Gasteiger partial charge is 0.265 e. The summed E-state index contributed by atoms with van der Waals surface area (Å²) in [6.07, 6.45) is 1.72. The van der Waals surface area contributed by atoms with E-state index < -0.39 is 6.43 Å². The summed E-state index contributed by atoms with van der Waals surface area (Å²) in [6, 6.07) is 1.75. The van der Waals surface area contributed by atoms with Crippen LogP contribution in [-0.2, 0) is 6.42 Å². The molecule has 0 saturated carbocycles. The summed E-state index contributed by atoms with van der Waals surface area (Å²) >= 11 is 1.72. The van der Waals surface area contributed by atoms with E-state index in [0.29, 0.717) is 5.56 Å². The highest BCUT2D eigenvalue weighted by Gasteiger charge is 2.10. The van der Waals surface area contributed by atoms with E-state index in [1.54, 1.807) is 24.8 Å². The Labute approximate surface area is 86.9 Å². The molecule has 78 valence electrons. The molecular weight excluding hydrogens is 204 g/mol. The smallest absolute Gasteiger partial charge is 0.261 e. The maximum absolute atomic E-state index is 12.4. The van der Waals surface area contributed by atoms with Crippen LogP contribution in [-0.4, -0.2) is 17.0 Å². The zero-order valence-corrected chi connectivity index (χ0v) is 9.07. The van der Waals surface area contributed by atoms with E-state index in [1.165, 1.54) is 6.20 Å². The molecule has 0 N–H and O–H groups in total. The van der Waals surface area contributed by atoms with Crippen molar-refractivity contribution in [3.63, 3.8) is 0 Å². The molecule has 1 aromatic heterocycles. The third-order valence-electron chi connectivity index (χ3n) is 2.01. The number of hydrogen-bond donors (Lipinski definition) is 0. The van der Waals surface area contributed by atoms with Crippen LogP contribution < -0.4 is 0 Å². The van der Waals surface area contributed by atoms with E-state index in [2.05, 4.69) is 4.98 Å². The number of nitrogens with zero attached hydrogens (tertiary/aromatic N) is 1. The minimum Gasteiger partial charge on any atom is -0.261 e. The molecule has 0 aliphatic heterocycles. The first-order valence-corrected chi connectivity index (χ1v) is 5.77. The maximum Gasteiger partial charge on any atom is 0.265 e. The number of halogens is 2. The lowest BCUT2D eigenvalue weighted by atomic mass is 10.1. The monoisotopic (exact) mass is 217 g/mol. The van der Waals surface area contributed by atoms with Gasteiger partial charge in [0.2, 0.25) is 0 Å². The quantitative estimate of drug-likeness (QED) is 0.768. The normalized spacial score (nSPS) is 10.9. The minimum absolute atomic E-state index is 0.0397. The second-order valence-corrected chi connectivity index (χ2v) is 4.06. The second-order valence-electron chi connectivity index (χ2n) is 3.08. The van der Waals surface area contributed by atoms with Crippen LogP contribution in [0.1, 0.15) is 23.2 Å². The van der Waals surface area contributed by atoms with E-state index >= 15 is 0 Å². The van der Waals surface area contributed by atoms with Gasteiger partial charge >= 0.3 is 0 Å². The van der Waals surface area contributed by atoms with Crippen molar-refractivity contribution in [3.05, 3.63) is 29.1 Å². The third-order valence-corrected chi connectivity index (χ3v) is 2.62. The Bertz CT molecular complexity index is 302. The molecule has 1 rings (SSSR count). The molecule has 0 aromatic carbocycles. The molecule has 0 fully saturated rings. The molecule has 0 radical (unpaired) electrons. The lowest BCUT2D eigenvalue weighted by molar-refractivity contribution is 0.150. The molecule has 1 aromatic rings. The fraction of sp³-hybridized carbons (Fsp3) is 0.500. The summed E-state index contributed by atoms with van der Waals surface area (Å²) in [5, 5.41) is 0. The minimum atomic E-state index is -2.42. The van der Waals surface area contributed by atoms with E-state index in [0.717, 1.165) is 17.9 Å². The van der Waals surface area contributed by atoms with Gasteiger partial charge < -0.3 is 0 Å². The first-order chi connectivity index (χ1) is 6.65. The van der Waals surface area contributed by atoms with Crippen LogP contribution in [0.3, 0.4) is 0 Å². The summed E-state index contributed by atoms with van der Waals surface area (Å²) in [5.74, 6) is 0.973. The number of aromatic nitrogens is 1. The first-order valence-electron chi connectivity index (χ1n) is 4.37. The molecule has 0 unspecified atom stereocenters. The summed E-state index contributed by atoms with van der Waals surface area (Å²) in [4.78, 5) is 4.00. The molecule has 4 heteroatoms. The first kappa shape index (κ1) is 11.4.